The van der Waals surface area contributed by atoms with E-state index in [0.29, 0.717) is 16.6 Å². The fourth-order valence-corrected chi connectivity index (χ4v) is 3.98. The van der Waals surface area contributed by atoms with Gasteiger partial charge in [-0.05, 0) is 35.6 Å². The maximum Gasteiger partial charge on any atom is 0.271 e. The minimum absolute atomic E-state index is 0.146. The van der Waals surface area contributed by atoms with Crippen molar-refractivity contribution in [2.45, 2.75) is 32.4 Å². The molecule has 3 rings (SSSR count). The maximum atomic E-state index is 12.9. The summed E-state index contributed by atoms with van der Waals surface area (Å²) in [6.45, 7) is 4.25. The molecule has 2 aromatic carbocycles. The van der Waals surface area contributed by atoms with Crippen LogP contribution in [-0.2, 0) is 0 Å². The van der Waals surface area contributed by atoms with Gasteiger partial charge in [0.1, 0.15) is 10.7 Å². The van der Waals surface area contributed by atoms with Gasteiger partial charge >= 0.3 is 0 Å². The third kappa shape index (κ3) is 5.19. The summed E-state index contributed by atoms with van der Waals surface area (Å²) < 4.78 is 0. The number of benzene rings is 2. The van der Waals surface area contributed by atoms with Crippen LogP contribution in [0.15, 0.2) is 60.0 Å². The minimum Gasteiger partial charge on any atom is -0.340 e. The molecule has 3 aromatic rings. The second kappa shape index (κ2) is 9.32. The Balaban J connectivity index is 1.82. The normalized spacial score (nSPS) is 13.3. The zero-order valence-corrected chi connectivity index (χ0v) is 17.5. The van der Waals surface area contributed by atoms with Crippen LogP contribution in [0.5, 0.6) is 0 Å². The highest BCUT2D eigenvalue weighted by atomic mass is 35.5. The Morgan fingerprint density at radius 2 is 1.75 bits per heavy atom. The number of aromatic nitrogens is 1. The van der Waals surface area contributed by atoms with Crippen LogP contribution in [-0.4, -0.2) is 10.9 Å². The molecule has 0 aliphatic rings. The Hall–Kier alpha value is -2.21. The van der Waals surface area contributed by atoms with Gasteiger partial charge in [0, 0.05) is 10.4 Å². The molecule has 0 fully saturated rings. The predicted molar refractivity (Wildman–Crippen MR) is 116 cm³/mol. The first-order valence-corrected chi connectivity index (χ1v) is 10.5. The van der Waals surface area contributed by atoms with Crippen molar-refractivity contribution < 1.29 is 4.79 Å². The molecule has 2 unspecified atom stereocenters. The molecule has 0 aliphatic carbocycles. The summed E-state index contributed by atoms with van der Waals surface area (Å²) in [5.41, 5.74) is 8.55. The number of nitrogens with zero attached hydrogens (tertiary/aromatic N) is 1. The Morgan fingerprint density at radius 1 is 1.11 bits per heavy atom. The van der Waals surface area contributed by atoms with E-state index < -0.39 is 0 Å². The minimum atomic E-state index is -0.291. The van der Waals surface area contributed by atoms with Crippen LogP contribution in [0, 0.1) is 5.92 Å². The van der Waals surface area contributed by atoms with E-state index in [4.69, 9.17) is 17.3 Å². The molecule has 146 valence electrons. The van der Waals surface area contributed by atoms with Gasteiger partial charge in [-0.25, -0.2) is 4.98 Å². The summed E-state index contributed by atoms with van der Waals surface area (Å²) in [6.07, 6.45) is 0.839. The van der Waals surface area contributed by atoms with Crippen LogP contribution >= 0.6 is 22.9 Å². The molecule has 1 heterocycles. The fourth-order valence-electron chi connectivity index (χ4n) is 3.04. The average Bonchev–Trinajstić information content (AvgIpc) is 3.17. The first-order chi connectivity index (χ1) is 13.4. The molecule has 0 spiro atoms. The van der Waals surface area contributed by atoms with Gasteiger partial charge in [-0.15, -0.1) is 11.3 Å². The smallest absolute Gasteiger partial charge is 0.271 e. The molecule has 0 saturated heterocycles. The van der Waals surface area contributed by atoms with Gasteiger partial charge in [0.2, 0.25) is 0 Å². The lowest BCUT2D eigenvalue weighted by Crippen LogP contribution is -2.29. The monoisotopic (exact) mass is 413 g/mol. The van der Waals surface area contributed by atoms with E-state index in [1.54, 1.807) is 5.38 Å². The molecule has 2 atom stereocenters. The van der Waals surface area contributed by atoms with E-state index in [9.17, 15) is 4.79 Å². The van der Waals surface area contributed by atoms with Crippen molar-refractivity contribution in [3.8, 4) is 0 Å². The second-order valence-electron chi connectivity index (χ2n) is 7.18. The highest BCUT2D eigenvalue weighted by molar-refractivity contribution is 7.09. The highest BCUT2D eigenvalue weighted by Gasteiger charge is 2.21. The predicted octanol–water partition coefficient (Wildman–Crippen LogP) is 5.36. The summed E-state index contributed by atoms with van der Waals surface area (Å²) in [7, 11) is 0. The van der Waals surface area contributed by atoms with Gasteiger partial charge in [-0.1, -0.05) is 67.9 Å². The van der Waals surface area contributed by atoms with Crippen LogP contribution in [0.1, 0.15) is 59.0 Å². The number of thiazole rings is 1. The number of nitrogens with one attached hydrogen (secondary N) is 1. The Labute approximate surface area is 174 Å². The number of hydrogen-bond donors (Lipinski definition) is 2. The number of halogens is 1. The molecule has 4 nitrogen and oxygen atoms in total. The second-order valence-corrected chi connectivity index (χ2v) is 8.50. The number of hydrogen-bond acceptors (Lipinski definition) is 4. The molecule has 28 heavy (non-hydrogen) atoms. The molecular weight excluding hydrogens is 390 g/mol. The average molecular weight is 414 g/mol. The maximum absolute atomic E-state index is 12.9. The third-order valence-corrected chi connectivity index (χ3v) is 5.64. The number of rotatable bonds is 7. The highest BCUT2D eigenvalue weighted by Crippen LogP contribution is 2.26. The quantitative estimate of drug-likeness (QED) is 0.547. The zero-order valence-electron chi connectivity index (χ0n) is 15.9. The molecule has 0 radical (unpaired) electrons. The molecule has 0 saturated carbocycles. The molecular formula is C22H24ClN3OS. The Kier molecular flexibility index (Phi) is 6.83. The van der Waals surface area contributed by atoms with E-state index in [1.807, 2.05) is 54.6 Å². The summed E-state index contributed by atoms with van der Waals surface area (Å²) in [5.74, 6) is 0.256. The first-order valence-electron chi connectivity index (χ1n) is 9.26. The van der Waals surface area contributed by atoms with Crippen molar-refractivity contribution in [1.29, 1.82) is 0 Å². The fraction of sp³-hybridized carbons (Fsp3) is 0.273. The first kappa shape index (κ1) is 20.5. The molecule has 6 heteroatoms. The summed E-state index contributed by atoms with van der Waals surface area (Å²) in [5, 5.41) is 6.32. The van der Waals surface area contributed by atoms with Crippen molar-refractivity contribution in [2.75, 3.05) is 0 Å². The molecule has 1 aromatic heterocycles. The molecule has 3 N–H and O–H groups in total. The van der Waals surface area contributed by atoms with E-state index in [1.165, 1.54) is 11.3 Å². The van der Waals surface area contributed by atoms with Crippen LogP contribution < -0.4 is 11.1 Å². The van der Waals surface area contributed by atoms with Crippen LogP contribution in [0.25, 0.3) is 0 Å². The Morgan fingerprint density at radius 3 is 2.39 bits per heavy atom. The van der Waals surface area contributed by atoms with Gasteiger partial charge in [-0.2, -0.15) is 0 Å². The summed E-state index contributed by atoms with van der Waals surface area (Å²) in [6, 6.07) is 16.9. The lowest BCUT2D eigenvalue weighted by Gasteiger charge is -2.19. The number of carbonyl (C=O) groups is 1. The SMILES string of the molecule is CC(C)CC(N)c1nc(C(=O)NC(c2ccccc2)c2ccc(Cl)cc2)cs1. The summed E-state index contributed by atoms with van der Waals surface area (Å²) in [4.78, 5) is 17.4. The Bertz CT molecular complexity index is 909. The number of nitrogens with two attached hydrogens (primary N) is 1. The lowest BCUT2D eigenvalue weighted by atomic mass is 9.98. The van der Waals surface area contributed by atoms with Gasteiger partial charge in [0.05, 0.1) is 12.1 Å². The van der Waals surface area contributed by atoms with E-state index in [2.05, 4.69) is 24.1 Å². The van der Waals surface area contributed by atoms with Crippen molar-refractivity contribution in [3.05, 3.63) is 86.8 Å². The molecule has 1 amide bonds. The van der Waals surface area contributed by atoms with E-state index in [-0.39, 0.29) is 18.0 Å². The van der Waals surface area contributed by atoms with Crippen molar-refractivity contribution in [3.63, 3.8) is 0 Å². The number of carbonyl (C=O) groups excluding carboxylic acids is 1. The van der Waals surface area contributed by atoms with Crippen LogP contribution in [0.3, 0.4) is 0 Å². The number of amides is 1. The molecule has 0 bridgehead atoms. The van der Waals surface area contributed by atoms with Gasteiger partial charge in [0.25, 0.3) is 5.91 Å². The lowest BCUT2D eigenvalue weighted by molar-refractivity contribution is 0.0938. The van der Waals surface area contributed by atoms with Crippen molar-refractivity contribution in [1.82, 2.24) is 10.3 Å². The van der Waals surface area contributed by atoms with Crippen LogP contribution in [0.2, 0.25) is 5.02 Å². The van der Waals surface area contributed by atoms with E-state index in [0.717, 1.165) is 22.6 Å². The standard InChI is InChI=1S/C22H24ClN3OS/c1-14(2)12-18(24)22-25-19(13-28-22)21(27)26-20(15-6-4-3-5-7-15)16-8-10-17(23)11-9-16/h3-11,13-14,18,20H,12,24H2,1-2H3,(H,26,27). The summed E-state index contributed by atoms with van der Waals surface area (Å²) >= 11 is 7.46. The van der Waals surface area contributed by atoms with Crippen LogP contribution in [0.4, 0.5) is 0 Å². The molecule has 0 aliphatic heterocycles. The van der Waals surface area contributed by atoms with Gasteiger partial charge in [0.15, 0.2) is 0 Å². The van der Waals surface area contributed by atoms with Gasteiger partial charge in [-0.3, -0.25) is 4.79 Å². The van der Waals surface area contributed by atoms with Gasteiger partial charge < -0.3 is 11.1 Å². The third-order valence-electron chi connectivity index (χ3n) is 4.41. The topological polar surface area (TPSA) is 68.0 Å². The van der Waals surface area contributed by atoms with Crippen molar-refractivity contribution in [2.24, 2.45) is 11.7 Å². The van der Waals surface area contributed by atoms with Crippen molar-refractivity contribution >= 4 is 28.8 Å². The van der Waals surface area contributed by atoms with E-state index >= 15 is 0 Å². The largest absolute Gasteiger partial charge is 0.340 e. The zero-order chi connectivity index (χ0) is 20.1.